The molecule has 1 rings (SSSR count). The van der Waals surface area contributed by atoms with Crippen molar-refractivity contribution in [2.24, 2.45) is 0 Å². The van der Waals surface area contributed by atoms with Crippen LogP contribution in [-0.2, 0) is 0 Å². The molecule has 1 N–H and O–H groups in total. The first kappa shape index (κ1) is 10.6. The van der Waals surface area contributed by atoms with Crippen molar-refractivity contribution < 1.29 is 0 Å². The average molecular weight is 180 g/mol. The smallest absolute Gasteiger partial charge is 0.0574 e. The Morgan fingerprint density at radius 1 is 1.62 bits per heavy atom. The molecule has 1 aliphatic rings. The van der Waals surface area contributed by atoms with Crippen LogP contribution in [0.25, 0.3) is 0 Å². The van der Waals surface area contributed by atoms with E-state index in [0.29, 0.717) is 6.54 Å². The van der Waals surface area contributed by atoms with Gasteiger partial charge < -0.3 is 5.32 Å². The minimum atomic E-state index is 0.699. The van der Waals surface area contributed by atoms with Crippen LogP contribution in [0.4, 0.5) is 0 Å². The second-order valence-electron chi connectivity index (χ2n) is 3.62. The molecule has 0 aliphatic carbocycles. The van der Waals surface area contributed by atoms with Gasteiger partial charge >= 0.3 is 0 Å². The lowest BCUT2D eigenvalue weighted by atomic mass is 10.2. The molecule has 0 spiro atoms. The highest BCUT2D eigenvalue weighted by Gasteiger charge is 2.21. The molecule has 1 unspecified atom stereocenters. The molecule has 0 saturated carbocycles. The van der Waals surface area contributed by atoms with Crippen LogP contribution in [0.1, 0.15) is 26.2 Å². The van der Waals surface area contributed by atoms with Gasteiger partial charge in [-0.05, 0) is 25.8 Å². The summed E-state index contributed by atoms with van der Waals surface area (Å²) in [5.74, 6) is 2.59. The van der Waals surface area contributed by atoms with E-state index in [2.05, 4.69) is 23.1 Å². The number of terminal acetylenes is 1. The Bertz CT molecular complexity index is 171. The largest absolute Gasteiger partial charge is 0.305 e. The maximum atomic E-state index is 5.15. The molecule has 0 radical (unpaired) electrons. The number of nitrogens with zero attached hydrogens (tertiary/aromatic N) is 1. The lowest BCUT2D eigenvalue weighted by molar-refractivity contribution is 0.249. The quantitative estimate of drug-likeness (QED) is 0.503. The van der Waals surface area contributed by atoms with Crippen LogP contribution >= 0.6 is 0 Å². The number of rotatable bonds is 5. The first-order chi connectivity index (χ1) is 6.38. The normalized spacial score (nSPS) is 23.2. The summed E-state index contributed by atoms with van der Waals surface area (Å²) in [6, 6.07) is 0.827. The Morgan fingerprint density at radius 2 is 2.46 bits per heavy atom. The standard InChI is InChI=1S/C11H20N2/c1-3-7-12-8-10-13-9-5-6-11(13)4-2/h1,11-12H,4-10H2,2H3. The molecule has 1 fully saturated rings. The molecule has 0 aromatic heterocycles. The van der Waals surface area contributed by atoms with Crippen molar-refractivity contribution in [1.82, 2.24) is 10.2 Å². The van der Waals surface area contributed by atoms with Gasteiger partial charge in [-0.3, -0.25) is 4.90 Å². The summed E-state index contributed by atoms with van der Waals surface area (Å²) in [5.41, 5.74) is 0. The number of likely N-dealkylation sites (tertiary alicyclic amines) is 1. The molecule has 13 heavy (non-hydrogen) atoms. The number of hydrogen-bond acceptors (Lipinski definition) is 2. The van der Waals surface area contributed by atoms with Gasteiger partial charge in [0.15, 0.2) is 0 Å². The molecule has 0 aromatic rings. The SMILES string of the molecule is C#CCNCCN1CCCC1CC. The number of nitrogens with one attached hydrogen (secondary N) is 1. The lowest BCUT2D eigenvalue weighted by Gasteiger charge is -2.22. The zero-order chi connectivity index (χ0) is 9.52. The second-order valence-corrected chi connectivity index (χ2v) is 3.62. The van der Waals surface area contributed by atoms with E-state index in [1.54, 1.807) is 0 Å². The zero-order valence-corrected chi connectivity index (χ0v) is 8.55. The molecule has 0 bridgehead atoms. The van der Waals surface area contributed by atoms with Crippen LogP contribution in [0.2, 0.25) is 0 Å². The van der Waals surface area contributed by atoms with Crippen molar-refractivity contribution in [2.75, 3.05) is 26.2 Å². The second kappa shape index (κ2) is 6.01. The van der Waals surface area contributed by atoms with E-state index in [-0.39, 0.29) is 0 Å². The van der Waals surface area contributed by atoms with Crippen molar-refractivity contribution in [2.45, 2.75) is 32.2 Å². The monoisotopic (exact) mass is 180 g/mol. The topological polar surface area (TPSA) is 15.3 Å². The zero-order valence-electron chi connectivity index (χ0n) is 8.55. The van der Waals surface area contributed by atoms with E-state index >= 15 is 0 Å². The minimum absolute atomic E-state index is 0.699. The molecule has 0 aromatic carbocycles. The van der Waals surface area contributed by atoms with Crippen LogP contribution in [0.3, 0.4) is 0 Å². The van der Waals surface area contributed by atoms with Gasteiger partial charge in [0.25, 0.3) is 0 Å². The molecular formula is C11H20N2. The predicted octanol–water partition coefficient (Wildman–Crippen LogP) is 1.08. The fourth-order valence-corrected chi connectivity index (χ4v) is 2.04. The fourth-order valence-electron chi connectivity index (χ4n) is 2.04. The van der Waals surface area contributed by atoms with E-state index in [1.165, 1.54) is 25.8 Å². The van der Waals surface area contributed by atoms with Gasteiger partial charge in [0.1, 0.15) is 0 Å². The number of hydrogen-bond donors (Lipinski definition) is 1. The van der Waals surface area contributed by atoms with Crippen LogP contribution in [-0.4, -0.2) is 37.1 Å². The highest BCUT2D eigenvalue weighted by atomic mass is 15.2. The van der Waals surface area contributed by atoms with Gasteiger partial charge in [-0.15, -0.1) is 6.42 Å². The van der Waals surface area contributed by atoms with E-state index in [9.17, 15) is 0 Å². The van der Waals surface area contributed by atoms with Gasteiger partial charge in [-0.1, -0.05) is 12.8 Å². The fraction of sp³-hybridized carbons (Fsp3) is 0.818. The van der Waals surface area contributed by atoms with E-state index in [1.807, 2.05) is 0 Å². The van der Waals surface area contributed by atoms with Crippen LogP contribution in [0, 0.1) is 12.3 Å². The third kappa shape index (κ3) is 3.38. The maximum Gasteiger partial charge on any atom is 0.0574 e. The minimum Gasteiger partial charge on any atom is -0.305 e. The molecule has 74 valence electrons. The molecule has 1 heterocycles. The summed E-state index contributed by atoms with van der Waals surface area (Å²) in [6.07, 6.45) is 9.19. The molecule has 1 aliphatic heterocycles. The molecule has 2 nitrogen and oxygen atoms in total. The van der Waals surface area contributed by atoms with E-state index in [4.69, 9.17) is 6.42 Å². The van der Waals surface area contributed by atoms with Crippen LogP contribution in [0.15, 0.2) is 0 Å². The average Bonchev–Trinajstić information content (AvgIpc) is 2.60. The third-order valence-electron chi connectivity index (χ3n) is 2.77. The molecular weight excluding hydrogens is 160 g/mol. The van der Waals surface area contributed by atoms with E-state index in [0.717, 1.165) is 19.1 Å². The third-order valence-corrected chi connectivity index (χ3v) is 2.77. The summed E-state index contributed by atoms with van der Waals surface area (Å²) < 4.78 is 0. The summed E-state index contributed by atoms with van der Waals surface area (Å²) in [6.45, 7) is 6.43. The molecule has 0 amide bonds. The first-order valence-corrected chi connectivity index (χ1v) is 5.26. The van der Waals surface area contributed by atoms with Crippen molar-refractivity contribution in [1.29, 1.82) is 0 Å². The van der Waals surface area contributed by atoms with Gasteiger partial charge in [0, 0.05) is 19.1 Å². The highest BCUT2D eigenvalue weighted by molar-refractivity contribution is 4.87. The van der Waals surface area contributed by atoms with Crippen LogP contribution in [0.5, 0.6) is 0 Å². The van der Waals surface area contributed by atoms with Crippen LogP contribution < -0.4 is 5.32 Å². The maximum absolute atomic E-state index is 5.15. The molecule has 1 atom stereocenters. The first-order valence-electron chi connectivity index (χ1n) is 5.26. The van der Waals surface area contributed by atoms with E-state index < -0.39 is 0 Å². The van der Waals surface area contributed by atoms with Crippen molar-refractivity contribution >= 4 is 0 Å². The predicted molar refractivity (Wildman–Crippen MR) is 56.6 cm³/mol. The Kier molecular flexibility index (Phi) is 4.88. The summed E-state index contributed by atoms with van der Waals surface area (Å²) in [4.78, 5) is 2.57. The Labute approximate surface area is 81.7 Å². The molecule has 1 saturated heterocycles. The van der Waals surface area contributed by atoms with Crippen molar-refractivity contribution in [3.63, 3.8) is 0 Å². The lowest BCUT2D eigenvalue weighted by Crippen LogP contribution is -2.35. The van der Waals surface area contributed by atoms with Gasteiger partial charge in [-0.2, -0.15) is 0 Å². The Morgan fingerprint density at radius 3 is 3.15 bits per heavy atom. The summed E-state index contributed by atoms with van der Waals surface area (Å²) in [5, 5.41) is 3.23. The summed E-state index contributed by atoms with van der Waals surface area (Å²) >= 11 is 0. The van der Waals surface area contributed by atoms with Gasteiger partial charge in [0.05, 0.1) is 6.54 Å². The summed E-state index contributed by atoms with van der Waals surface area (Å²) in [7, 11) is 0. The van der Waals surface area contributed by atoms with Crippen molar-refractivity contribution in [3.8, 4) is 12.3 Å². The Balaban J connectivity index is 2.10. The highest BCUT2D eigenvalue weighted by Crippen LogP contribution is 2.18. The Hall–Kier alpha value is -0.520. The van der Waals surface area contributed by atoms with Gasteiger partial charge in [0.2, 0.25) is 0 Å². The molecule has 2 heteroatoms. The van der Waals surface area contributed by atoms with Crippen molar-refractivity contribution in [3.05, 3.63) is 0 Å². The van der Waals surface area contributed by atoms with Gasteiger partial charge in [-0.25, -0.2) is 0 Å².